The van der Waals surface area contributed by atoms with Crippen LogP contribution in [0, 0.1) is 17.7 Å². The molecule has 1 fully saturated rings. The van der Waals surface area contributed by atoms with E-state index in [-0.39, 0.29) is 11.7 Å². The Labute approximate surface area is 155 Å². The lowest BCUT2D eigenvalue weighted by Gasteiger charge is -2.28. The van der Waals surface area contributed by atoms with Crippen LogP contribution in [-0.2, 0) is 11.2 Å². The van der Waals surface area contributed by atoms with Gasteiger partial charge in [-0.2, -0.15) is 0 Å². The van der Waals surface area contributed by atoms with Crippen molar-refractivity contribution in [2.75, 3.05) is 13.1 Å². The lowest BCUT2D eigenvalue weighted by molar-refractivity contribution is -0.121. The van der Waals surface area contributed by atoms with Gasteiger partial charge in [-0.15, -0.1) is 0 Å². The van der Waals surface area contributed by atoms with Crippen molar-refractivity contribution in [3.63, 3.8) is 0 Å². The van der Waals surface area contributed by atoms with E-state index in [0.717, 1.165) is 36.8 Å². The fraction of sp³-hybridized carbons (Fsp3) is 0.600. The van der Waals surface area contributed by atoms with Crippen LogP contribution in [0.15, 0.2) is 29.3 Å². The molecule has 2 rings (SSSR count). The second-order valence-corrected chi connectivity index (χ2v) is 7.25. The summed E-state index contributed by atoms with van der Waals surface area (Å²) < 4.78 is 13.0. The van der Waals surface area contributed by atoms with E-state index >= 15 is 0 Å². The average Bonchev–Trinajstić information content (AvgIpc) is 2.62. The van der Waals surface area contributed by atoms with Crippen LogP contribution < -0.4 is 16.4 Å². The van der Waals surface area contributed by atoms with Gasteiger partial charge in [0.2, 0.25) is 5.91 Å². The highest BCUT2D eigenvalue weighted by Gasteiger charge is 2.20. The molecular weight excluding hydrogens is 331 g/mol. The highest BCUT2D eigenvalue weighted by atomic mass is 19.1. The number of aliphatic imine (C=N–C) groups is 1. The molecule has 1 unspecified atom stereocenters. The predicted octanol–water partition coefficient (Wildman–Crippen LogP) is 2.60. The Morgan fingerprint density at radius 3 is 2.50 bits per heavy atom. The van der Waals surface area contributed by atoms with Crippen molar-refractivity contribution >= 4 is 11.9 Å². The maximum absolute atomic E-state index is 13.0. The molecule has 26 heavy (non-hydrogen) atoms. The summed E-state index contributed by atoms with van der Waals surface area (Å²) in [6.45, 7) is 5.38. The second-order valence-electron chi connectivity index (χ2n) is 7.25. The zero-order valence-electron chi connectivity index (χ0n) is 15.8. The number of halogens is 1. The zero-order valence-corrected chi connectivity index (χ0v) is 15.8. The molecule has 0 bridgehead atoms. The van der Waals surface area contributed by atoms with Crippen molar-refractivity contribution < 1.29 is 9.18 Å². The molecule has 1 atom stereocenters. The topological polar surface area (TPSA) is 79.5 Å². The van der Waals surface area contributed by atoms with E-state index in [4.69, 9.17) is 5.73 Å². The van der Waals surface area contributed by atoms with Crippen LogP contribution in [0.2, 0.25) is 0 Å². The molecule has 1 aliphatic carbocycles. The van der Waals surface area contributed by atoms with E-state index < -0.39 is 5.92 Å². The summed E-state index contributed by atoms with van der Waals surface area (Å²) in [5, 5.41) is 6.72. The van der Waals surface area contributed by atoms with E-state index in [9.17, 15) is 9.18 Å². The van der Waals surface area contributed by atoms with Crippen molar-refractivity contribution in [3.05, 3.63) is 35.6 Å². The van der Waals surface area contributed by atoms with E-state index in [1.165, 1.54) is 25.0 Å². The number of nitrogens with two attached hydrogens (primary N) is 1. The quantitative estimate of drug-likeness (QED) is 0.515. The molecule has 144 valence electrons. The van der Waals surface area contributed by atoms with Gasteiger partial charge in [0, 0.05) is 12.6 Å². The van der Waals surface area contributed by atoms with Crippen molar-refractivity contribution in [3.8, 4) is 0 Å². The normalized spacial score (nSPS) is 21.9. The molecule has 6 heteroatoms. The summed E-state index contributed by atoms with van der Waals surface area (Å²) in [6, 6.07) is 6.58. The summed E-state index contributed by atoms with van der Waals surface area (Å²) in [5.74, 6) is 0.436. The van der Waals surface area contributed by atoms with Gasteiger partial charge >= 0.3 is 0 Å². The number of rotatable bonds is 7. The third kappa shape index (κ3) is 6.65. The lowest BCUT2D eigenvalue weighted by Crippen LogP contribution is -2.45. The maximum atomic E-state index is 13.0. The van der Waals surface area contributed by atoms with Crippen LogP contribution in [0.3, 0.4) is 0 Å². The number of benzene rings is 1. The van der Waals surface area contributed by atoms with Crippen LogP contribution in [0.1, 0.15) is 45.1 Å². The fourth-order valence-electron chi connectivity index (χ4n) is 3.28. The molecule has 0 spiro atoms. The third-order valence-corrected chi connectivity index (χ3v) is 4.97. The Balaban J connectivity index is 1.97. The molecule has 0 aliphatic heterocycles. The van der Waals surface area contributed by atoms with Crippen molar-refractivity contribution in [1.82, 2.24) is 10.6 Å². The van der Waals surface area contributed by atoms with E-state index in [2.05, 4.69) is 22.5 Å². The molecule has 1 amide bonds. The highest BCUT2D eigenvalue weighted by molar-refractivity contribution is 5.81. The third-order valence-electron chi connectivity index (χ3n) is 4.97. The maximum Gasteiger partial charge on any atom is 0.222 e. The van der Waals surface area contributed by atoms with E-state index in [0.29, 0.717) is 19.0 Å². The molecule has 1 aromatic carbocycles. The first kappa shape index (κ1) is 20.2. The first-order valence-corrected chi connectivity index (χ1v) is 9.56. The Morgan fingerprint density at radius 2 is 1.92 bits per heavy atom. The Bertz CT molecular complexity index is 594. The summed E-state index contributed by atoms with van der Waals surface area (Å²) >= 11 is 0. The minimum Gasteiger partial charge on any atom is -0.369 e. The second kappa shape index (κ2) is 10.1. The number of guanidine groups is 1. The molecule has 4 N–H and O–H groups in total. The number of amides is 1. The van der Waals surface area contributed by atoms with Crippen LogP contribution in [0.5, 0.6) is 0 Å². The Kier molecular flexibility index (Phi) is 7.88. The fourth-order valence-corrected chi connectivity index (χ4v) is 3.28. The van der Waals surface area contributed by atoms with Gasteiger partial charge in [0.1, 0.15) is 5.82 Å². The number of nitrogens with zero attached hydrogens (tertiary/aromatic N) is 1. The summed E-state index contributed by atoms with van der Waals surface area (Å²) in [5.41, 5.74) is 6.43. The molecule has 5 nitrogen and oxygen atoms in total. The minimum atomic E-state index is -0.415. The predicted molar refractivity (Wildman–Crippen MR) is 103 cm³/mol. The van der Waals surface area contributed by atoms with E-state index in [1.54, 1.807) is 12.1 Å². The molecule has 1 saturated carbocycles. The van der Waals surface area contributed by atoms with Crippen LogP contribution in [0.25, 0.3) is 0 Å². The van der Waals surface area contributed by atoms with Gasteiger partial charge in [-0.05, 0) is 62.6 Å². The van der Waals surface area contributed by atoms with Crippen molar-refractivity contribution in [1.29, 1.82) is 0 Å². The lowest BCUT2D eigenvalue weighted by atomic mass is 9.87. The standard InChI is InChI=1S/C20H31FN4O/c1-3-23-20(25-18-10-4-14(2)5-11-18)24-13-16(19(22)26)12-15-6-8-17(21)9-7-15/h6-9,14,16,18H,3-5,10-13H2,1-2H3,(H2,22,26)(H2,23,24,25). The highest BCUT2D eigenvalue weighted by Crippen LogP contribution is 2.23. The SMILES string of the molecule is CCNC(=NCC(Cc1ccc(F)cc1)C(N)=O)NC1CCC(C)CC1. The molecular formula is C20H31FN4O. The zero-order chi connectivity index (χ0) is 18.9. The molecule has 0 saturated heterocycles. The first-order chi connectivity index (χ1) is 12.5. The van der Waals surface area contributed by atoms with Gasteiger partial charge in [0.05, 0.1) is 12.5 Å². The smallest absolute Gasteiger partial charge is 0.222 e. The molecule has 1 aromatic rings. The van der Waals surface area contributed by atoms with Crippen LogP contribution in [0.4, 0.5) is 4.39 Å². The average molecular weight is 362 g/mol. The number of primary amides is 1. The number of nitrogens with one attached hydrogen (secondary N) is 2. The van der Waals surface area contributed by atoms with Crippen molar-refractivity contribution in [2.24, 2.45) is 22.6 Å². The number of carbonyl (C=O) groups excluding carboxylic acids is 1. The number of carbonyl (C=O) groups is 1. The summed E-state index contributed by atoms with van der Waals surface area (Å²) in [7, 11) is 0. The Morgan fingerprint density at radius 1 is 1.27 bits per heavy atom. The molecule has 0 heterocycles. The van der Waals surface area contributed by atoms with E-state index in [1.807, 2.05) is 6.92 Å². The van der Waals surface area contributed by atoms with Gasteiger partial charge in [-0.3, -0.25) is 9.79 Å². The number of hydrogen-bond donors (Lipinski definition) is 3. The van der Waals surface area contributed by atoms with Gasteiger partial charge in [0.25, 0.3) is 0 Å². The largest absolute Gasteiger partial charge is 0.369 e. The molecule has 0 radical (unpaired) electrons. The van der Waals surface area contributed by atoms with Gasteiger partial charge in [0.15, 0.2) is 5.96 Å². The molecule has 0 aromatic heterocycles. The number of hydrogen-bond acceptors (Lipinski definition) is 2. The summed E-state index contributed by atoms with van der Waals surface area (Å²) in [4.78, 5) is 16.4. The van der Waals surface area contributed by atoms with Gasteiger partial charge in [-0.25, -0.2) is 4.39 Å². The van der Waals surface area contributed by atoms with Crippen LogP contribution in [-0.4, -0.2) is 31.0 Å². The summed E-state index contributed by atoms with van der Waals surface area (Å²) in [6.07, 6.45) is 5.19. The van der Waals surface area contributed by atoms with Crippen molar-refractivity contribution in [2.45, 2.75) is 52.0 Å². The van der Waals surface area contributed by atoms with Gasteiger partial charge < -0.3 is 16.4 Å². The Hall–Kier alpha value is -2.11. The minimum absolute atomic E-state index is 0.289. The molecule has 1 aliphatic rings. The monoisotopic (exact) mass is 362 g/mol. The first-order valence-electron chi connectivity index (χ1n) is 9.56. The van der Waals surface area contributed by atoms with Gasteiger partial charge in [-0.1, -0.05) is 19.1 Å². The van der Waals surface area contributed by atoms with Crippen LogP contribution >= 0.6 is 0 Å².